The second-order valence-corrected chi connectivity index (χ2v) is 5.72. The summed E-state index contributed by atoms with van der Waals surface area (Å²) < 4.78 is 10.3. The molecule has 1 aromatic rings. The number of unbranched alkanes of at least 4 members (excludes halogenated alkanes) is 3. The minimum absolute atomic E-state index is 0.229. The van der Waals surface area contributed by atoms with Crippen molar-refractivity contribution in [2.75, 3.05) is 6.61 Å². The van der Waals surface area contributed by atoms with Crippen LogP contribution in [0.3, 0.4) is 0 Å². The van der Waals surface area contributed by atoms with Crippen LogP contribution in [0, 0.1) is 6.92 Å². The van der Waals surface area contributed by atoms with Crippen LogP contribution in [0.4, 0.5) is 0 Å². The highest BCUT2D eigenvalue weighted by molar-refractivity contribution is 5.72. The van der Waals surface area contributed by atoms with Crippen LogP contribution in [-0.2, 0) is 25.7 Å². The zero-order valence-corrected chi connectivity index (χ0v) is 14.3. The summed E-state index contributed by atoms with van der Waals surface area (Å²) in [5.41, 5.74) is 2.11. The predicted octanol–water partition coefficient (Wildman–Crippen LogP) is 4.33. The molecule has 0 spiro atoms. The molecule has 1 rings (SSSR count). The van der Waals surface area contributed by atoms with Crippen LogP contribution in [0.2, 0.25) is 0 Å². The first-order valence-electron chi connectivity index (χ1n) is 8.49. The van der Waals surface area contributed by atoms with Crippen LogP contribution in [0.5, 0.6) is 0 Å². The van der Waals surface area contributed by atoms with Crippen LogP contribution in [0.15, 0.2) is 24.3 Å². The molecular weight excluding hydrogens is 292 g/mol. The molecule has 0 fully saturated rings. The molecule has 0 saturated heterocycles. The van der Waals surface area contributed by atoms with Gasteiger partial charge < -0.3 is 9.47 Å². The van der Waals surface area contributed by atoms with Crippen molar-refractivity contribution in [2.45, 2.75) is 65.4 Å². The zero-order chi connectivity index (χ0) is 16.9. The number of ether oxygens (including phenoxy) is 2. The first-order chi connectivity index (χ1) is 11.1. The first-order valence-corrected chi connectivity index (χ1v) is 8.49. The van der Waals surface area contributed by atoms with Gasteiger partial charge in [-0.25, -0.2) is 0 Å². The van der Waals surface area contributed by atoms with Gasteiger partial charge in [-0.05, 0) is 30.9 Å². The number of rotatable bonds is 11. The van der Waals surface area contributed by atoms with E-state index in [0.717, 1.165) is 24.0 Å². The molecule has 0 heterocycles. The van der Waals surface area contributed by atoms with Crippen LogP contribution < -0.4 is 0 Å². The molecular formula is C19H28O4. The summed E-state index contributed by atoms with van der Waals surface area (Å²) in [6.07, 6.45) is 5.33. The Kier molecular flexibility index (Phi) is 9.76. The normalized spacial score (nSPS) is 10.3. The van der Waals surface area contributed by atoms with Gasteiger partial charge in [0, 0.05) is 12.8 Å². The molecule has 0 bridgehead atoms. The van der Waals surface area contributed by atoms with E-state index < -0.39 is 0 Å². The molecule has 4 heteroatoms. The lowest BCUT2D eigenvalue weighted by atomic mass is 10.1. The Hall–Kier alpha value is -1.84. The van der Waals surface area contributed by atoms with Gasteiger partial charge >= 0.3 is 11.9 Å². The van der Waals surface area contributed by atoms with E-state index in [9.17, 15) is 9.59 Å². The van der Waals surface area contributed by atoms with Gasteiger partial charge in [0.2, 0.25) is 0 Å². The second kappa shape index (κ2) is 11.7. The number of benzene rings is 1. The molecule has 1 aromatic carbocycles. The Labute approximate surface area is 139 Å². The van der Waals surface area contributed by atoms with Gasteiger partial charge in [0.1, 0.15) is 6.61 Å². The van der Waals surface area contributed by atoms with Crippen molar-refractivity contribution in [3.05, 3.63) is 35.4 Å². The molecule has 23 heavy (non-hydrogen) atoms. The Morgan fingerprint density at radius 3 is 2.30 bits per heavy atom. The summed E-state index contributed by atoms with van der Waals surface area (Å²) >= 11 is 0. The molecule has 0 amide bonds. The van der Waals surface area contributed by atoms with E-state index in [-0.39, 0.29) is 31.4 Å². The van der Waals surface area contributed by atoms with E-state index in [1.807, 2.05) is 31.2 Å². The number of hydrogen-bond donors (Lipinski definition) is 0. The van der Waals surface area contributed by atoms with Crippen molar-refractivity contribution in [3.8, 4) is 0 Å². The maximum absolute atomic E-state index is 11.7. The van der Waals surface area contributed by atoms with Gasteiger partial charge in [-0.15, -0.1) is 0 Å². The molecule has 0 aromatic heterocycles. The van der Waals surface area contributed by atoms with Crippen molar-refractivity contribution in [1.29, 1.82) is 0 Å². The third-order valence-electron chi connectivity index (χ3n) is 3.67. The summed E-state index contributed by atoms with van der Waals surface area (Å²) in [6, 6.07) is 7.80. The average molecular weight is 320 g/mol. The van der Waals surface area contributed by atoms with Gasteiger partial charge in [-0.1, -0.05) is 50.5 Å². The maximum atomic E-state index is 11.7. The lowest BCUT2D eigenvalue weighted by Crippen LogP contribution is -2.09. The third kappa shape index (κ3) is 9.01. The monoisotopic (exact) mass is 320 g/mol. The van der Waals surface area contributed by atoms with Crippen molar-refractivity contribution < 1.29 is 19.1 Å². The highest BCUT2D eigenvalue weighted by atomic mass is 16.5. The summed E-state index contributed by atoms with van der Waals surface area (Å²) in [5, 5.41) is 0. The molecule has 0 aliphatic rings. The summed E-state index contributed by atoms with van der Waals surface area (Å²) in [4.78, 5) is 23.2. The molecule has 0 aliphatic heterocycles. The van der Waals surface area contributed by atoms with Crippen molar-refractivity contribution >= 4 is 11.9 Å². The number of carbonyl (C=O) groups is 2. The number of carbonyl (C=O) groups excluding carboxylic acids is 2. The summed E-state index contributed by atoms with van der Waals surface area (Å²) in [6.45, 7) is 4.90. The SMILES string of the molecule is CCCCCCOC(=O)CCCC(=O)OCc1ccccc1C. The highest BCUT2D eigenvalue weighted by Gasteiger charge is 2.08. The van der Waals surface area contributed by atoms with Gasteiger partial charge in [-0.3, -0.25) is 9.59 Å². The number of aryl methyl sites for hydroxylation is 1. The van der Waals surface area contributed by atoms with Crippen LogP contribution in [0.25, 0.3) is 0 Å². The smallest absolute Gasteiger partial charge is 0.306 e. The number of esters is 2. The van der Waals surface area contributed by atoms with Gasteiger partial charge in [0.05, 0.1) is 6.61 Å². The largest absolute Gasteiger partial charge is 0.466 e. The maximum Gasteiger partial charge on any atom is 0.306 e. The van der Waals surface area contributed by atoms with Crippen molar-refractivity contribution in [3.63, 3.8) is 0 Å². The number of hydrogen-bond acceptors (Lipinski definition) is 4. The molecule has 4 nitrogen and oxygen atoms in total. The van der Waals surface area contributed by atoms with E-state index in [1.165, 1.54) is 12.8 Å². The second-order valence-electron chi connectivity index (χ2n) is 5.72. The van der Waals surface area contributed by atoms with Crippen LogP contribution >= 0.6 is 0 Å². The van der Waals surface area contributed by atoms with Crippen LogP contribution in [0.1, 0.15) is 63.0 Å². The Morgan fingerprint density at radius 1 is 0.913 bits per heavy atom. The Morgan fingerprint density at radius 2 is 1.61 bits per heavy atom. The lowest BCUT2D eigenvalue weighted by molar-refractivity contribution is -0.146. The molecule has 0 N–H and O–H groups in total. The molecule has 0 aliphatic carbocycles. The minimum atomic E-state index is -0.274. The average Bonchev–Trinajstić information content (AvgIpc) is 2.54. The summed E-state index contributed by atoms with van der Waals surface area (Å²) in [7, 11) is 0. The van der Waals surface area contributed by atoms with E-state index >= 15 is 0 Å². The third-order valence-corrected chi connectivity index (χ3v) is 3.67. The molecule has 0 unspecified atom stereocenters. The quantitative estimate of drug-likeness (QED) is 0.450. The Balaban J connectivity index is 2.07. The van der Waals surface area contributed by atoms with E-state index in [1.54, 1.807) is 0 Å². The standard InChI is InChI=1S/C19H28O4/c1-3-4-5-8-14-22-18(20)12-9-13-19(21)23-15-17-11-7-6-10-16(17)2/h6-7,10-11H,3-5,8-9,12-15H2,1-2H3. The van der Waals surface area contributed by atoms with Gasteiger partial charge in [0.25, 0.3) is 0 Å². The summed E-state index contributed by atoms with van der Waals surface area (Å²) in [5.74, 6) is -0.503. The minimum Gasteiger partial charge on any atom is -0.466 e. The van der Waals surface area contributed by atoms with Crippen molar-refractivity contribution in [1.82, 2.24) is 0 Å². The van der Waals surface area contributed by atoms with E-state index in [0.29, 0.717) is 13.0 Å². The van der Waals surface area contributed by atoms with Gasteiger partial charge in [0.15, 0.2) is 0 Å². The first kappa shape index (κ1) is 19.2. The van der Waals surface area contributed by atoms with E-state index in [2.05, 4.69) is 6.92 Å². The molecule has 0 saturated carbocycles. The fourth-order valence-electron chi connectivity index (χ4n) is 2.17. The highest BCUT2D eigenvalue weighted by Crippen LogP contribution is 2.09. The lowest BCUT2D eigenvalue weighted by Gasteiger charge is -2.07. The fourth-order valence-corrected chi connectivity index (χ4v) is 2.17. The topological polar surface area (TPSA) is 52.6 Å². The van der Waals surface area contributed by atoms with Gasteiger partial charge in [-0.2, -0.15) is 0 Å². The van der Waals surface area contributed by atoms with Crippen LogP contribution in [-0.4, -0.2) is 18.5 Å². The molecule has 0 atom stereocenters. The molecule has 0 radical (unpaired) electrons. The fraction of sp³-hybridized carbons (Fsp3) is 0.579. The molecule has 128 valence electrons. The predicted molar refractivity (Wildman–Crippen MR) is 89.9 cm³/mol. The zero-order valence-electron chi connectivity index (χ0n) is 14.3. The van der Waals surface area contributed by atoms with Crippen molar-refractivity contribution in [2.24, 2.45) is 0 Å². The Bertz CT molecular complexity index is 482. The van der Waals surface area contributed by atoms with E-state index in [4.69, 9.17) is 9.47 Å².